The molecule has 0 aromatic heterocycles. The number of thioether (sulfide) groups is 1. The summed E-state index contributed by atoms with van der Waals surface area (Å²) >= 11 is 1.57. The lowest BCUT2D eigenvalue weighted by Gasteiger charge is -2.19. The Morgan fingerprint density at radius 1 is 1.18 bits per heavy atom. The number of hydrogen-bond donors (Lipinski definition) is 1. The van der Waals surface area contributed by atoms with E-state index in [4.69, 9.17) is 4.74 Å². The largest absolute Gasteiger partial charge is 0.375 e. The van der Waals surface area contributed by atoms with Crippen LogP contribution in [0.3, 0.4) is 0 Å². The zero-order chi connectivity index (χ0) is 15.9. The second kappa shape index (κ2) is 8.01. The fourth-order valence-electron chi connectivity index (χ4n) is 2.38. The zero-order valence-corrected chi connectivity index (χ0v) is 13.9. The van der Waals surface area contributed by atoms with Gasteiger partial charge in [0.1, 0.15) is 0 Å². The summed E-state index contributed by atoms with van der Waals surface area (Å²) in [6, 6.07) is 15.7. The van der Waals surface area contributed by atoms with E-state index in [2.05, 4.69) is 5.32 Å². The summed E-state index contributed by atoms with van der Waals surface area (Å²) in [6.07, 6.45) is 1.82. The zero-order valence-electron chi connectivity index (χ0n) is 13.1. The van der Waals surface area contributed by atoms with Crippen LogP contribution in [0, 0.1) is 6.92 Å². The first-order chi connectivity index (χ1) is 10.7. The first-order valence-corrected chi connectivity index (χ1v) is 8.39. The number of aryl methyl sites for hydroxylation is 1. The molecule has 0 aliphatic carbocycles. The average Bonchev–Trinajstić information content (AvgIpc) is 2.56. The number of amides is 1. The molecule has 2 aromatic carbocycles. The van der Waals surface area contributed by atoms with Gasteiger partial charge >= 0.3 is 0 Å². The van der Waals surface area contributed by atoms with Gasteiger partial charge in [0, 0.05) is 18.6 Å². The van der Waals surface area contributed by atoms with Crippen LogP contribution in [-0.4, -0.2) is 25.8 Å². The number of nitrogens with one attached hydrogen (secondary N) is 1. The van der Waals surface area contributed by atoms with Crippen molar-refractivity contribution in [1.82, 2.24) is 5.32 Å². The Labute approximate surface area is 136 Å². The highest BCUT2D eigenvalue weighted by molar-refractivity contribution is 7.98. The third-order valence-electron chi connectivity index (χ3n) is 3.62. The number of carbonyl (C=O) groups is 1. The van der Waals surface area contributed by atoms with E-state index in [0.29, 0.717) is 12.1 Å². The van der Waals surface area contributed by atoms with Gasteiger partial charge in [-0.05, 0) is 36.4 Å². The predicted molar refractivity (Wildman–Crippen MR) is 91.5 cm³/mol. The molecule has 0 bridgehead atoms. The van der Waals surface area contributed by atoms with E-state index in [1.165, 1.54) is 0 Å². The number of rotatable bonds is 6. The van der Waals surface area contributed by atoms with E-state index in [9.17, 15) is 4.79 Å². The molecule has 0 heterocycles. The number of methoxy groups -OCH3 is 1. The van der Waals surface area contributed by atoms with Gasteiger partial charge in [-0.25, -0.2) is 0 Å². The minimum Gasteiger partial charge on any atom is -0.375 e. The van der Waals surface area contributed by atoms with Crippen molar-refractivity contribution < 1.29 is 9.53 Å². The molecule has 1 N–H and O–H groups in total. The van der Waals surface area contributed by atoms with Crippen molar-refractivity contribution in [2.24, 2.45) is 0 Å². The summed E-state index contributed by atoms with van der Waals surface area (Å²) in [5, 5.41) is 2.97. The molecule has 22 heavy (non-hydrogen) atoms. The van der Waals surface area contributed by atoms with Crippen LogP contribution < -0.4 is 5.32 Å². The fourth-order valence-corrected chi connectivity index (χ4v) is 2.98. The molecule has 1 atom stereocenters. The number of benzene rings is 2. The van der Waals surface area contributed by atoms with Gasteiger partial charge in [0.25, 0.3) is 5.91 Å². The number of ether oxygens (including phenoxy) is 1. The minimum atomic E-state index is -0.147. The first-order valence-electron chi connectivity index (χ1n) is 7.17. The lowest BCUT2D eigenvalue weighted by Crippen LogP contribution is -2.29. The Balaban J connectivity index is 2.08. The lowest BCUT2D eigenvalue weighted by molar-refractivity contribution is 0.0824. The third-order valence-corrected chi connectivity index (χ3v) is 4.42. The Bertz CT molecular complexity index is 642. The molecule has 116 valence electrons. The van der Waals surface area contributed by atoms with E-state index in [0.717, 1.165) is 16.0 Å². The van der Waals surface area contributed by atoms with Crippen LogP contribution in [0.1, 0.15) is 27.6 Å². The molecule has 0 spiro atoms. The molecule has 0 saturated carbocycles. The van der Waals surface area contributed by atoms with E-state index >= 15 is 0 Å². The molecule has 4 heteroatoms. The smallest absolute Gasteiger partial charge is 0.252 e. The third kappa shape index (κ3) is 3.90. The van der Waals surface area contributed by atoms with E-state index in [1.54, 1.807) is 18.9 Å². The van der Waals surface area contributed by atoms with Crippen LogP contribution in [0.25, 0.3) is 0 Å². The van der Waals surface area contributed by atoms with Crippen molar-refractivity contribution >= 4 is 17.7 Å². The molecule has 1 unspecified atom stereocenters. The second-order valence-corrected chi connectivity index (χ2v) is 5.84. The van der Waals surface area contributed by atoms with Crippen molar-refractivity contribution in [3.8, 4) is 0 Å². The van der Waals surface area contributed by atoms with E-state index < -0.39 is 0 Å². The number of carbonyl (C=O) groups excluding carboxylic acids is 1. The maximum atomic E-state index is 12.4. The van der Waals surface area contributed by atoms with Gasteiger partial charge in [0.15, 0.2) is 0 Å². The van der Waals surface area contributed by atoms with E-state index in [-0.39, 0.29) is 12.0 Å². The second-order valence-electron chi connectivity index (χ2n) is 4.99. The van der Waals surface area contributed by atoms with Crippen LogP contribution in [0.2, 0.25) is 0 Å². The van der Waals surface area contributed by atoms with Gasteiger partial charge in [-0.2, -0.15) is 0 Å². The standard InChI is InChI=1S/C18H21NO2S/c1-13-8-4-5-9-14(13)16(21-2)12-19-18(20)15-10-6-7-11-17(15)22-3/h4-11,16H,12H2,1-3H3,(H,19,20). The maximum Gasteiger partial charge on any atom is 0.252 e. The SMILES string of the molecule is COC(CNC(=O)c1ccccc1SC)c1ccccc1C. The molecule has 3 nitrogen and oxygen atoms in total. The molecule has 0 saturated heterocycles. The van der Waals surface area contributed by atoms with Crippen LogP contribution in [0.15, 0.2) is 53.4 Å². The maximum absolute atomic E-state index is 12.4. The Kier molecular flexibility index (Phi) is 6.04. The Morgan fingerprint density at radius 3 is 2.55 bits per heavy atom. The van der Waals surface area contributed by atoms with Crippen LogP contribution in [-0.2, 0) is 4.74 Å². The summed E-state index contributed by atoms with van der Waals surface area (Å²) in [4.78, 5) is 13.4. The van der Waals surface area contributed by atoms with Crippen molar-refractivity contribution in [2.45, 2.75) is 17.9 Å². The van der Waals surface area contributed by atoms with Gasteiger partial charge in [-0.1, -0.05) is 36.4 Å². The molecule has 0 aliphatic rings. The predicted octanol–water partition coefficient (Wildman–Crippen LogP) is 3.83. The summed E-state index contributed by atoms with van der Waals surface area (Å²) in [6.45, 7) is 2.50. The molecular weight excluding hydrogens is 294 g/mol. The average molecular weight is 315 g/mol. The lowest BCUT2D eigenvalue weighted by atomic mass is 10.0. The fraction of sp³-hybridized carbons (Fsp3) is 0.278. The van der Waals surface area contributed by atoms with Gasteiger partial charge in [0.05, 0.1) is 11.7 Å². The van der Waals surface area contributed by atoms with Crippen LogP contribution in [0.5, 0.6) is 0 Å². The van der Waals surface area contributed by atoms with Gasteiger partial charge in [-0.15, -0.1) is 11.8 Å². The summed E-state index contributed by atoms with van der Waals surface area (Å²) in [5.41, 5.74) is 2.96. The van der Waals surface area contributed by atoms with Crippen molar-refractivity contribution in [2.75, 3.05) is 19.9 Å². The van der Waals surface area contributed by atoms with Gasteiger partial charge < -0.3 is 10.1 Å². The number of hydrogen-bond acceptors (Lipinski definition) is 3. The van der Waals surface area contributed by atoms with Crippen LogP contribution >= 0.6 is 11.8 Å². The topological polar surface area (TPSA) is 38.3 Å². The van der Waals surface area contributed by atoms with Crippen molar-refractivity contribution in [3.05, 3.63) is 65.2 Å². The summed E-state index contributed by atoms with van der Waals surface area (Å²) in [5.74, 6) is -0.0689. The quantitative estimate of drug-likeness (QED) is 0.823. The van der Waals surface area contributed by atoms with Gasteiger partial charge in [-0.3, -0.25) is 4.79 Å². The first kappa shape index (κ1) is 16.6. The summed E-state index contributed by atoms with van der Waals surface area (Å²) < 4.78 is 5.54. The Morgan fingerprint density at radius 2 is 1.86 bits per heavy atom. The highest BCUT2D eigenvalue weighted by Crippen LogP contribution is 2.21. The summed E-state index contributed by atoms with van der Waals surface area (Å²) in [7, 11) is 1.67. The normalized spacial score (nSPS) is 12.0. The Hall–Kier alpha value is -1.78. The highest BCUT2D eigenvalue weighted by Gasteiger charge is 2.16. The molecular formula is C18H21NO2S. The van der Waals surface area contributed by atoms with Crippen molar-refractivity contribution in [1.29, 1.82) is 0 Å². The van der Waals surface area contributed by atoms with Gasteiger partial charge in [0.2, 0.25) is 0 Å². The molecule has 2 rings (SSSR count). The molecule has 0 fully saturated rings. The molecule has 0 aliphatic heterocycles. The monoisotopic (exact) mass is 315 g/mol. The molecule has 2 aromatic rings. The molecule has 0 radical (unpaired) electrons. The minimum absolute atomic E-state index is 0.0689. The van der Waals surface area contributed by atoms with Crippen LogP contribution in [0.4, 0.5) is 0 Å². The molecule has 1 amide bonds. The highest BCUT2D eigenvalue weighted by atomic mass is 32.2. The van der Waals surface area contributed by atoms with E-state index in [1.807, 2.05) is 61.7 Å². The van der Waals surface area contributed by atoms with Crippen molar-refractivity contribution in [3.63, 3.8) is 0 Å².